The largest absolute Gasteiger partial charge is 0.445 e. The van der Waals surface area contributed by atoms with Gasteiger partial charge in [-0.2, -0.15) is 0 Å². The van der Waals surface area contributed by atoms with Gasteiger partial charge in [-0.05, 0) is 43.7 Å². The number of nitrogens with one attached hydrogen (secondary N) is 3. The molecule has 3 N–H and O–H groups in total. The van der Waals surface area contributed by atoms with Crippen LogP contribution in [0.15, 0.2) is 42.5 Å². The lowest BCUT2D eigenvalue weighted by atomic mass is 9.97. The molecule has 8 nitrogen and oxygen atoms in total. The first kappa shape index (κ1) is 25.1. The summed E-state index contributed by atoms with van der Waals surface area (Å²) in [5.41, 5.74) is 0.844. The number of ether oxygens (including phenoxy) is 1. The molecule has 3 atom stereocenters. The lowest BCUT2D eigenvalue weighted by Crippen LogP contribution is -2.50. The maximum atomic E-state index is 13.0. The van der Waals surface area contributed by atoms with E-state index in [0.29, 0.717) is 25.8 Å². The van der Waals surface area contributed by atoms with Gasteiger partial charge in [-0.15, -0.1) is 0 Å². The molecule has 0 bridgehead atoms. The zero-order valence-corrected chi connectivity index (χ0v) is 18.9. The van der Waals surface area contributed by atoms with Crippen LogP contribution in [-0.4, -0.2) is 42.3 Å². The number of alkyl carbamates (subject to hydrolysis) is 1. The summed E-state index contributed by atoms with van der Waals surface area (Å²) in [5, 5.41) is 8.30. The number of hydrogen-bond acceptors (Lipinski definition) is 5. The predicted molar refractivity (Wildman–Crippen MR) is 120 cm³/mol. The maximum Gasteiger partial charge on any atom is 0.408 e. The highest BCUT2D eigenvalue weighted by molar-refractivity contribution is 5.88. The molecule has 1 aromatic carbocycles. The molecule has 0 aliphatic carbocycles. The standard InChI is InChI=1S/C24H33N3O5/c1-16(2)13-21(27-24(31)32-15-18-7-5-4-6-8-18)23(30)26-20(10-9-17(3)28)14-19-11-12-25-22(19)29/h4-10,16,19-21H,11-15H2,1-3H3,(H,25,29)(H,26,30)(H,27,31)/b10-9+/t19-,20+,21-/m0/s1. The highest BCUT2D eigenvalue weighted by Crippen LogP contribution is 2.17. The quantitative estimate of drug-likeness (QED) is 0.455. The number of carbonyl (C=O) groups excluding carboxylic acids is 4. The van der Waals surface area contributed by atoms with Gasteiger partial charge in [0, 0.05) is 18.5 Å². The Bertz CT molecular complexity index is 822. The van der Waals surface area contributed by atoms with Crippen molar-refractivity contribution in [1.29, 1.82) is 0 Å². The molecule has 32 heavy (non-hydrogen) atoms. The minimum Gasteiger partial charge on any atom is -0.445 e. The van der Waals surface area contributed by atoms with E-state index in [-0.39, 0.29) is 36.0 Å². The maximum absolute atomic E-state index is 13.0. The van der Waals surface area contributed by atoms with Gasteiger partial charge in [-0.1, -0.05) is 50.3 Å². The number of amides is 3. The van der Waals surface area contributed by atoms with E-state index in [0.717, 1.165) is 5.56 Å². The molecule has 1 heterocycles. The van der Waals surface area contributed by atoms with Crippen molar-refractivity contribution in [2.75, 3.05) is 6.54 Å². The van der Waals surface area contributed by atoms with Crippen molar-refractivity contribution in [2.24, 2.45) is 11.8 Å². The van der Waals surface area contributed by atoms with Crippen LogP contribution < -0.4 is 16.0 Å². The molecule has 0 spiro atoms. The molecular weight excluding hydrogens is 410 g/mol. The van der Waals surface area contributed by atoms with Gasteiger partial charge >= 0.3 is 6.09 Å². The van der Waals surface area contributed by atoms with E-state index in [4.69, 9.17) is 4.74 Å². The third kappa shape index (κ3) is 8.91. The lowest BCUT2D eigenvalue weighted by molar-refractivity contribution is -0.125. The second-order valence-electron chi connectivity index (χ2n) is 8.49. The first-order valence-corrected chi connectivity index (χ1v) is 11.0. The number of allylic oxidation sites excluding steroid dienone is 1. The van der Waals surface area contributed by atoms with Crippen LogP contribution in [0.5, 0.6) is 0 Å². The molecule has 0 saturated carbocycles. The van der Waals surface area contributed by atoms with E-state index in [1.165, 1.54) is 13.0 Å². The van der Waals surface area contributed by atoms with Crippen LogP contribution in [0.1, 0.15) is 45.6 Å². The second kappa shape index (κ2) is 12.6. The molecule has 3 amide bonds. The molecule has 1 aliphatic rings. The monoisotopic (exact) mass is 443 g/mol. The number of rotatable bonds is 11. The zero-order valence-electron chi connectivity index (χ0n) is 18.9. The van der Waals surface area contributed by atoms with E-state index >= 15 is 0 Å². The molecule has 1 aliphatic heterocycles. The van der Waals surface area contributed by atoms with E-state index in [1.54, 1.807) is 6.08 Å². The fourth-order valence-electron chi connectivity index (χ4n) is 3.51. The van der Waals surface area contributed by atoms with E-state index in [2.05, 4.69) is 16.0 Å². The average molecular weight is 444 g/mol. The summed E-state index contributed by atoms with van der Waals surface area (Å²) in [4.78, 5) is 48.7. The Hall–Kier alpha value is -3.16. The SMILES string of the molecule is CC(=O)/C=C/[C@H](C[C@@H]1CCNC1=O)NC(=O)[C@H](CC(C)C)NC(=O)OCc1ccccc1. The molecule has 1 saturated heterocycles. The molecule has 0 aromatic heterocycles. The minimum atomic E-state index is -0.802. The normalized spacial score (nSPS) is 17.6. The summed E-state index contributed by atoms with van der Waals surface area (Å²) < 4.78 is 5.25. The molecule has 1 fully saturated rings. The van der Waals surface area contributed by atoms with Crippen LogP contribution in [0.4, 0.5) is 4.79 Å². The first-order chi connectivity index (χ1) is 15.2. The summed E-state index contributed by atoms with van der Waals surface area (Å²) in [5.74, 6) is -0.675. The summed E-state index contributed by atoms with van der Waals surface area (Å²) in [6.45, 7) is 6.03. The van der Waals surface area contributed by atoms with Crippen molar-refractivity contribution in [2.45, 2.75) is 58.7 Å². The molecule has 8 heteroatoms. The third-order valence-corrected chi connectivity index (χ3v) is 5.12. The zero-order chi connectivity index (χ0) is 23.5. The number of ketones is 1. The fourth-order valence-corrected chi connectivity index (χ4v) is 3.51. The van der Waals surface area contributed by atoms with Gasteiger partial charge in [0.1, 0.15) is 12.6 Å². The third-order valence-electron chi connectivity index (χ3n) is 5.12. The topological polar surface area (TPSA) is 114 Å². The van der Waals surface area contributed by atoms with Gasteiger partial charge in [-0.25, -0.2) is 4.79 Å². The molecular formula is C24H33N3O5. The van der Waals surface area contributed by atoms with Crippen molar-refractivity contribution in [3.05, 3.63) is 48.0 Å². The molecule has 0 unspecified atom stereocenters. The highest BCUT2D eigenvalue weighted by Gasteiger charge is 2.29. The van der Waals surface area contributed by atoms with Crippen molar-refractivity contribution in [3.8, 4) is 0 Å². The van der Waals surface area contributed by atoms with Gasteiger partial charge in [0.15, 0.2) is 5.78 Å². The second-order valence-corrected chi connectivity index (χ2v) is 8.49. The van der Waals surface area contributed by atoms with E-state index < -0.39 is 18.2 Å². The van der Waals surface area contributed by atoms with Crippen LogP contribution in [0, 0.1) is 11.8 Å². The first-order valence-electron chi connectivity index (χ1n) is 11.0. The van der Waals surface area contributed by atoms with Crippen LogP contribution >= 0.6 is 0 Å². The van der Waals surface area contributed by atoms with Crippen molar-refractivity contribution >= 4 is 23.7 Å². The van der Waals surface area contributed by atoms with Crippen LogP contribution in [0.2, 0.25) is 0 Å². The Balaban J connectivity index is 2.01. The van der Waals surface area contributed by atoms with Crippen LogP contribution in [0.3, 0.4) is 0 Å². The Morgan fingerprint density at radius 2 is 1.91 bits per heavy atom. The van der Waals surface area contributed by atoms with E-state index in [9.17, 15) is 19.2 Å². The fraction of sp³-hybridized carbons (Fsp3) is 0.500. The number of hydrogen-bond donors (Lipinski definition) is 3. The highest BCUT2D eigenvalue weighted by atomic mass is 16.5. The van der Waals surface area contributed by atoms with Crippen LogP contribution in [-0.2, 0) is 25.7 Å². The number of benzene rings is 1. The van der Waals surface area contributed by atoms with Crippen LogP contribution in [0.25, 0.3) is 0 Å². The Labute approximate surface area is 189 Å². The summed E-state index contributed by atoms with van der Waals surface area (Å²) in [6.07, 6.45) is 3.79. The molecule has 1 aromatic rings. The summed E-state index contributed by atoms with van der Waals surface area (Å²) in [7, 11) is 0. The Morgan fingerprint density at radius 3 is 2.50 bits per heavy atom. The Kier molecular flexibility index (Phi) is 9.91. The van der Waals surface area contributed by atoms with Gasteiger partial charge in [-0.3, -0.25) is 14.4 Å². The van der Waals surface area contributed by atoms with E-state index in [1.807, 2.05) is 44.2 Å². The summed E-state index contributed by atoms with van der Waals surface area (Å²) in [6, 6.07) is 7.96. The smallest absolute Gasteiger partial charge is 0.408 e. The van der Waals surface area contributed by atoms with Gasteiger partial charge in [0.05, 0.1) is 0 Å². The van der Waals surface area contributed by atoms with Gasteiger partial charge in [0.25, 0.3) is 0 Å². The predicted octanol–water partition coefficient (Wildman–Crippen LogP) is 2.48. The molecule has 2 rings (SSSR count). The number of carbonyl (C=O) groups is 4. The van der Waals surface area contributed by atoms with Crippen molar-refractivity contribution < 1.29 is 23.9 Å². The molecule has 0 radical (unpaired) electrons. The summed E-state index contributed by atoms with van der Waals surface area (Å²) >= 11 is 0. The molecule has 174 valence electrons. The van der Waals surface area contributed by atoms with Gasteiger partial charge in [0.2, 0.25) is 11.8 Å². The van der Waals surface area contributed by atoms with Crippen molar-refractivity contribution in [1.82, 2.24) is 16.0 Å². The lowest BCUT2D eigenvalue weighted by Gasteiger charge is -2.24. The average Bonchev–Trinajstić information content (AvgIpc) is 3.14. The minimum absolute atomic E-state index is 0.0539. The van der Waals surface area contributed by atoms with Crippen molar-refractivity contribution in [3.63, 3.8) is 0 Å². The van der Waals surface area contributed by atoms with Gasteiger partial charge < -0.3 is 20.7 Å². The Morgan fingerprint density at radius 1 is 1.19 bits per heavy atom.